The number of likely N-dealkylation sites (tertiary alicyclic amines) is 1. The third-order valence-electron chi connectivity index (χ3n) is 5.87. The number of aliphatic imine (C=N–C) groups is 1. The van der Waals surface area contributed by atoms with Crippen molar-refractivity contribution in [2.45, 2.75) is 32.9 Å². The van der Waals surface area contributed by atoms with Crippen molar-refractivity contribution in [2.24, 2.45) is 10.9 Å². The molecular formula is C25H27N3O3. The van der Waals surface area contributed by atoms with Crippen LogP contribution in [0.2, 0.25) is 0 Å². The lowest BCUT2D eigenvalue weighted by molar-refractivity contribution is -0.124. The number of hydrogen-bond donors (Lipinski definition) is 1. The largest absolute Gasteiger partial charge is 0.454 e. The van der Waals surface area contributed by atoms with Gasteiger partial charge in [0.15, 0.2) is 11.5 Å². The lowest BCUT2D eigenvalue weighted by Gasteiger charge is -2.27. The second-order valence-electron chi connectivity index (χ2n) is 8.58. The van der Waals surface area contributed by atoms with Gasteiger partial charge in [0.25, 0.3) is 5.91 Å². The van der Waals surface area contributed by atoms with Crippen molar-refractivity contribution in [3.05, 3.63) is 70.9 Å². The van der Waals surface area contributed by atoms with Crippen LogP contribution >= 0.6 is 0 Å². The first-order chi connectivity index (χ1) is 15.1. The van der Waals surface area contributed by atoms with Crippen LogP contribution in [-0.2, 0) is 11.3 Å². The monoisotopic (exact) mass is 417 g/mol. The van der Waals surface area contributed by atoms with Gasteiger partial charge in [0.2, 0.25) is 6.79 Å². The number of hydrogen-bond acceptors (Lipinski definition) is 5. The molecule has 160 valence electrons. The summed E-state index contributed by atoms with van der Waals surface area (Å²) in [6.07, 6.45) is 0.877. The van der Waals surface area contributed by atoms with E-state index in [9.17, 15) is 4.79 Å². The Balaban J connectivity index is 1.65. The zero-order valence-corrected chi connectivity index (χ0v) is 17.9. The second kappa shape index (κ2) is 8.10. The van der Waals surface area contributed by atoms with Gasteiger partial charge in [-0.3, -0.25) is 9.79 Å². The first-order valence-corrected chi connectivity index (χ1v) is 10.9. The molecule has 1 N–H and O–H groups in total. The van der Waals surface area contributed by atoms with Crippen LogP contribution in [0.5, 0.6) is 11.5 Å². The van der Waals surface area contributed by atoms with Gasteiger partial charge in [-0.25, -0.2) is 0 Å². The molecule has 0 aliphatic carbocycles. The van der Waals surface area contributed by atoms with Crippen molar-refractivity contribution in [1.82, 2.24) is 10.2 Å². The van der Waals surface area contributed by atoms with Crippen molar-refractivity contribution in [3.8, 4) is 11.5 Å². The Morgan fingerprint density at radius 1 is 1.13 bits per heavy atom. The third-order valence-corrected chi connectivity index (χ3v) is 5.87. The predicted molar refractivity (Wildman–Crippen MR) is 119 cm³/mol. The number of carbonyl (C=O) groups excluding carboxylic acids is 1. The van der Waals surface area contributed by atoms with Crippen LogP contribution in [-0.4, -0.2) is 36.4 Å². The summed E-state index contributed by atoms with van der Waals surface area (Å²) in [4.78, 5) is 20.3. The Hall–Kier alpha value is -3.28. The van der Waals surface area contributed by atoms with Gasteiger partial charge < -0.3 is 19.7 Å². The number of fused-ring (bicyclic) bond motifs is 2. The van der Waals surface area contributed by atoms with Gasteiger partial charge in [-0.1, -0.05) is 50.2 Å². The van der Waals surface area contributed by atoms with E-state index in [4.69, 9.17) is 14.5 Å². The van der Waals surface area contributed by atoms with Gasteiger partial charge in [-0.2, -0.15) is 0 Å². The number of allylic oxidation sites excluding steroid dienone is 1. The van der Waals surface area contributed by atoms with Crippen molar-refractivity contribution >= 4 is 11.6 Å². The van der Waals surface area contributed by atoms with Crippen molar-refractivity contribution in [1.29, 1.82) is 0 Å². The van der Waals surface area contributed by atoms with E-state index in [1.165, 1.54) is 0 Å². The highest BCUT2D eigenvalue weighted by atomic mass is 16.7. The molecule has 1 amide bonds. The van der Waals surface area contributed by atoms with Gasteiger partial charge >= 0.3 is 0 Å². The first kappa shape index (κ1) is 19.7. The molecule has 0 bridgehead atoms. The summed E-state index contributed by atoms with van der Waals surface area (Å²) in [6, 6.07) is 15.9. The number of rotatable bonds is 5. The number of amides is 1. The fourth-order valence-electron chi connectivity index (χ4n) is 4.55. The molecule has 6 nitrogen and oxygen atoms in total. The summed E-state index contributed by atoms with van der Waals surface area (Å²) in [5.41, 5.74) is 4.83. The highest BCUT2D eigenvalue weighted by Crippen LogP contribution is 2.43. The topological polar surface area (TPSA) is 63.2 Å². The van der Waals surface area contributed by atoms with E-state index in [0.29, 0.717) is 24.7 Å². The van der Waals surface area contributed by atoms with Crippen LogP contribution in [0.4, 0.5) is 0 Å². The molecule has 3 aliphatic heterocycles. The lowest BCUT2D eigenvalue weighted by Crippen LogP contribution is -2.30. The first-order valence-electron chi connectivity index (χ1n) is 10.9. The Kier molecular flexibility index (Phi) is 5.14. The van der Waals surface area contributed by atoms with Crippen LogP contribution in [0.15, 0.2) is 64.8 Å². The quantitative estimate of drug-likeness (QED) is 0.803. The lowest BCUT2D eigenvalue weighted by atomic mass is 9.93. The minimum atomic E-state index is -0.222. The molecule has 2 aromatic carbocycles. The molecule has 6 heteroatoms. The molecule has 0 spiro atoms. The Morgan fingerprint density at radius 3 is 2.74 bits per heavy atom. The van der Waals surface area contributed by atoms with Crippen LogP contribution in [0.1, 0.15) is 37.4 Å². The molecule has 1 unspecified atom stereocenters. The van der Waals surface area contributed by atoms with E-state index in [2.05, 4.69) is 31.3 Å². The molecule has 2 aromatic rings. The zero-order valence-electron chi connectivity index (χ0n) is 17.9. The predicted octanol–water partition coefficient (Wildman–Crippen LogP) is 3.84. The maximum Gasteiger partial charge on any atom is 0.273 e. The van der Waals surface area contributed by atoms with Gasteiger partial charge in [0.1, 0.15) is 5.71 Å². The van der Waals surface area contributed by atoms with Crippen LogP contribution < -0.4 is 14.8 Å². The van der Waals surface area contributed by atoms with Gasteiger partial charge in [-0.05, 0) is 35.6 Å². The summed E-state index contributed by atoms with van der Waals surface area (Å²) in [6.45, 7) is 6.49. The fraction of sp³-hybridized carbons (Fsp3) is 0.360. The zero-order chi connectivity index (χ0) is 21.4. The summed E-state index contributed by atoms with van der Waals surface area (Å²) in [5, 5.41) is 3.57. The Bertz CT molecular complexity index is 1060. The van der Waals surface area contributed by atoms with E-state index in [1.807, 2.05) is 41.3 Å². The minimum Gasteiger partial charge on any atom is -0.454 e. The van der Waals surface area contributed by atoms with E-state index < -0.39 is 0 Å². The molecule has 3 aliphatic rings. The highest BCUT2D eigenvalue weighted by Gasteiger charge is 2.44. The van der Waals surface area contributed by atoms with Gasteiger partial charge in [0, 0.05) is 24.4 Å². The van der Waals surface area contributed by atoms with Gasteiger partial charge in [-0.15, -0.1) is 0 Å². The maximum atomic E-state index is 13.6. The molecule has 31 heavy (non-hydrogen) atoms. The minimum absolute atomic E-state index is 0.00789. The summed E-state index contributed by atoms with van der Waals surface area (Å²) >= 11 is 0. The van der Waals surface area contributed by atoms with Crippen LogP contribution in [0.3, 0.4) is 0 Å². The van der Waals surface area contributed by atoms with Crippen molar-refractivity contribution < 1.29 is 14.3 Å². The molecule has 0 aromatic heterocycles. The molecule has 5 rings (SSSR count). The van der Waals surface area contributed by atoms with E-state index in [1.54, 1.807) is 0 Å². The smallest absolute Gasteiger partial charge is 0.273 e. The number of nitrogens with zero attached hydrogens (tertiary/aromatic N) is 2. The molecule has 1 saturated heterocycles. The molecule has 1 atom stereocenters. The average molecular weight is 418 g/mol. The molecule has 0 radical (unpaired) electrons. The summed E-state index contributed by atoms with van der Waals surface area (Å²) in [7, 11) is 0. The van der Waals surface area contributed by atoms with E-state index in [-0.39, 0.29) is 18.7 Å². The standard InChI is InChI=1S/C25H27N3O3/c1-16(2)12-19-22-23(27-11-10-26-19)25(29)28(14-17-6-4-3-5-7-17)24(22)18-8-9-20-21(13-18)31-15-30-20/h3-9,13,16,24,26H,10-12,14-15H2,1-2H3. The van der Waals surface area contributed by atoms with Gasteiger partial charge in [0.05, 0.1) is 12.6 Å². The Morgan fingerprint density at radius 2 is 1.94 bits per heavy atom. The van der Waals surface area contributed by atoms with Crippen LogP contribution in [0.25, 0.3) is 0 Å². The fourth-order valence-corrected chi connectivity index (χ4v) is 4.55. The van der Waals surface area contributed by atoms with E-state index >= 15 is 0 Å². The highest BCUT2D eigenvalue weighted by molar-refractivity contribution is 6.48. The summed E-state index contributed by atoms with van der Waals surface area (Å²) < 4.78 is 11.2. The normalized spacial score (nSPS) is 20.0. The number of benzene rings is 2. The summed E-state index contributed by atoms with van der Waals surface area (Å²) in [5.74, 6) is 1.92. The SMILES string of the molecule is CC(C)CC1=C2C(=NCCN1)C(=O)N(Cc1ccccc1)C2c1ccc2c(c1)OCO2. The number of nitrogens with one attached hydrogen (secondary N) is 1. The van der Waals surface area contributed by atoms with Crippen molar-refractivity contribution in [3.63, 3.8) is 0 Å². The third kappa shape index (κ3) is 3.67. The molecular weight excluding hydrogens is 390 g/mol. The maximum absolute atomic E-state index is 13.6. The van der Waals surface area contributed by atoms with Crippen molar-refractivity contribution in [2.75, 3.05) is 19.9 Å². The second-order valence-corrected chi connectivity index (χ2v) is 8.58. The van der Waals surface area contributed by atoms with E-state index in [0.717, 1.165) is 46.9 Å². The Labute approximate surface area is 182 Å². The van der Waals surface area contributed by atoms with Crippen LogP contribution in [0, 0.1) is 5.92 Å². The average Bonchev–Trinajstić information content (AvgIpc) is 3.27. The molecule has 3 heterocycles. The number of ether oxygens (including phenoxy) is 2. The number of carbonyl (C=O) groups is 1. The molecule has 0 saturated carbocycles. The molecule has 1 fully saturated rings.